The van der Waals surface area contributed by atoms with Gasteiger partial charge in [-0.05, 0) is 42.8 Å². The number of benzene rings is 1. The molecule has 3 nitrogen and oxygen atoms in total. The Morgan fingerprint density at radius 3 is 2.68 bits per heavy atom. The molecule has 0 radical (unpaired) electrons. The van der Waals surface area contributed by atoms with Crippen molar-refractivity contribution in [1.29, 1.82) is 0 Å². The summed E-state index contributed by atoms with van der Waals surface area (Å²) in [7, 11) is 1.63. The summed E-state index contributed by atoms with van der Waals surface area (Å²) in [5.41, 5.74) is 6.71. The zero-order valence-electron chi connectivity index (χ0n) is 10.7. The lowest BCUT2D eigenvalue weighted by Crippen LogP contribution is -2.03. The number of nitrogens with two attached hydrogens (primary N) is 1. The second-order valence-electron chi connectivity index (χ2n) is 4.02. The standard InChI is InChI=1S/C14H16ClNO2S/c1-17-12-4-2-10(6-7-16)8-13(12)18-9-11-3-5-14(15)19-11/h2-5,8H,6-7,9,16H2,1H3. The van der Waals surface area contributed by atoms with Crippen LogP contribution < -0.4 is 15.2 Å². The number of ether oxygens (including phenoxy) is 2. The minimum absolute atomic E-state index is 0.486. The van der Waals surface area contributed by atoms with Gasteiger partial charge in [-0.3, -0.25) is 0 Å². The van der Waals surface area contributed by atoms with E-state index in [0.717, 1.165) is 32.7 Å². The Morgan fingerprint density at radius 1 is 1.21 bits per heavy atom. The van der Waals surface area contributed by atoms with Crippen LogP contribution in [0.2, 0.25) is 4.34 Å². The largest absolute Gasteiger partial charge is 0.493 e. The lowest BCUT2D eigenvalue weighted by Gasteiger charge is -2.11. The summed E-state index contributed by atoms with van der Waals surface area (Å²) in [6, 6.07) is 9.71. The van der Waals surface area contributed by atoms with Crippen LogP contribution in [0.3, 0.4) is 0 Å². The van der Waals surface area contributed by atoms with E-state index in [2.05, 4.69) is 0 Å². The Bertz CT molecular complexity index is 542. The summed E-state index contributed by atoms with van der Waals surface area (Å²) in [5, 5.41) is 0. The molecule has 0 atom stereocenters. The SMILES string of the molecule is COc1ccc(CCN)cc1OCc1ccc(Cl)s1. The Hall–Kier alpha value is -1.23. The molecule has 0 saturated carbocycles. The lowest BCUT2D eigenvalue weighted by molar-refractivity contribution is 0.287. The fourth-order valence-electron chi connectivity index (χ4n) is 1.73. The van der Waals surface area contributed by atoms with Crippen LogP contribution in [0.5, 0.6) is 11.5 Å². The number of hydrogen-bond donors (Lipinski definition) is 1. The summed E-state index contributed by atoms with van der Waals surface area (Å²) >= 11 is 7.41. The molecule has 0 saturated heterocycles. The van der Waals surface area contributed by atoms with Gasteiger partial charge in [0.05, 0.1) is 11.4 Å². The summed E-state index contributed by atoms with van der Waals surface area (Å²) in [5.74, 6) is 1.46. The Morgan fingerprint density at radius 2 is 2.05 bits per heavy atom. The van der Waals surface area contributed by atoms with Crippen LogP contribution in [-0.2, 0) is 13.0 Å². The molecule has 102 valence electrons. The number of thiophene rings is 1. The van der Waals surface area contributed by atoms with Gasteiger partial charge < -0.3 is 15.2 Å². The summed E-state index contributed by atoms with van der Waals surface area (Å²) in [6.45, 7) is 1.10. The van der Waals surface area contributed by atoms with E-state index < -0.39 is 0 Å². The zero-order chi connectivity index (χ0) is 13.7. The molecular formula is C14H16ClNO2S. The van der Waals surface area contributed by atoms with Crippen LogP contribution in [0, 0.1) is 0 Å². The monoisotopic (exact) mass is 297 g/mol. The van der Waals surface area contributed by atoms with Crippen molar-refractivity contribution in [3.8, 4) is 11.5 Å². The highest BCUT2D eigenvalue weighted by atomic mass is 35.5. The van der Waals surface area contributed by atoms with Gasteiger partial charge in [0.15, 0.2) is 11.5 Å². The van der Waals surface area contributed by atoms with Gasteiger partial charge in [-0.25, -0.2) is 0 Å². The van der Waals surface area contributed by atoms with Crippen LogP contribution in [0.15, 0.2) is 30.3 Å². The van der Waals surface area contributed by atoms with E-state index in [4.69, 9.17) is 26.8 Å². The van der Waals surface area contributed by atoms with Gasteiger partial charge in [0.25, 0.3) is 0 Å². The van der Waals surface area contributed by atoms with Gasteiger partial charge in [-0.1, -0.05) is 17.7 Å². The van der Waals surface area contributed by atoms with Crippen molar-refractivity contribution < 1.29 is 9.47 Å². The van der Waals surface area contributed by atoms with Crippen LogP contribution in [0.25, 0.3) is 0 Å². The van der Waals surface area contributed by atoms with Crippen molar-refractivity contribution in [1.82, 2.24) is 0 Å². The van der Waals surface area contributed by atoms with E-state index in [9.17, 15) is 0 Å². The third-order valence-electron chi connectivity index (χ3n) is 2.66. The first kappa shape index (κ1) is 14.2. The van der Waals surface area contributed by atoms with Gasteiger partial charge in [-0.15, -0.1) is 11.3 Å². The molecule has 1 aromatic heterocycles. The first-order valence-electron chi connectivity index (χ1n) is 5.97. The molecule has 0 aliphatic carbocycles. The molecule has 1 heterocycles. The van der Waals surface area contributed by atoms with Crippen molar-refractivity contribution in [2.75, 3.05) is 13.7 Å². The highest BCUT2D eigenvalue weighted by molar-refractivity contribution is 7.16. The molecule has 0 aliphatic rings. The van der Waals surface area contributed by atoms with Crippen molar-refractivity contribution in [3.63, 3.8) is 0 Å². The molecule has 2 rings (SSSR count). The maximum absolute atomic E-state index is 5.89. The first-order chi connectivity index (χ1) is 9.22. The van der Waals surface area contributed by atoms with Crippen molar-refractivity contribution in [2.24, 2.45) is 5.73 Å². The maximum atomic E-state index is 5.89. The van der Waals surface area contributed by atoms with E-state index in [-0.39, 0.29) is 0 Å². The van der Waals surface area contributed by atoms with Gasteiger partial charge in [0.2, 0.25) is 0 Å². The number of hydrogen-bond acceptors (Lipinski definition) is 4. The van der Waals surface area contributed by atoms with E-state index >= 15 is 0 Å². The van der Waals surface area contributed by atoms with Crippen LogP contribution >= 0.6 is 22.9 Å². The van der Waals surface area contributed by atoms with Gasteiger partial charge in [0, 0.05) is 4.88 Å². The predicted octanol–water partition coefficient (Wildman–Crippen LogP) is 3.49. The number of rotatable bonds is 6. The second kappa shape index (κ2) is 6.80. The third-order valence-corrected chi connectivity index (χ3v) is 3.86. The second-order valence-corrected chi connectivity index (χ2v) is 5.82. The van der Waals surface area contributed by atoms with Gasteiger partial charge in [-0.2, -0.15) is 0 Å². The quantitative estimate of drug-likeness (QED) is 0.887. The van der Waals surface area contributed by atoms with Crippen molar-refractivity contribution in [2.45, 2.75) is 13.0 Å². The van der Waals surface area contributed by atoms with Crippen LogP contribution in [0.1, 0.15) is 10.4 Å². The summed E-state index contributed by atoms with van der Waals surface area (Å²) < 4.78 is 11.9. The highest BCUT2D eigenvalue weighted by Crippen LogP contribution is 2.30. The molecule has 1 aromatic carbocycles. The molecular weight excluding hydrogens is 282 g/mol. The molecule has 2 N–H and O–H groups in total. The van der Waals surface area contributed by atoms with E-state index in [1.165, 1.54) is 11.3 Å². The first-order valence-corrected chi connectivity index (χ1v) is 7.16. The Kier molecular flexibility index (Phi) is 5.07. The lowest BCUT2D eigenvalue weighted by atomic mass is 10.1. The molecule has 0 bridgehead atoms. The van der Waals surface area contributed by atoms with E-state index in [1.54, 1.807) is 7.11 Å². The molecule has 0 unspecified atom stereocenters. The average Bonchev–Trinajstić information content (AvgIpc) is 2.83. The molecule has 0 spiro atoms. The van der Waals surface area contributed by atoms with Gasteiger partial charge in [0.1, 0.15) is 6.61 Å². The Labute approximate surface area is 121 Å². The van der Waals surface area contributed by atoms with Gasteiger partial charge >= 0.3 is 0 Å². The predicted molar refractivity (Wildman–Crippen MR) is 79.4 cm³/mol. The fourth-order valence-corrected chi connectivity index (χ4v) is 2.74. The smallest absolute Gasteiger partial charge is 0.161 e. The van der Waals surface area contributed by atoms with Crippen molar-refractivity contribution >= 4 is 22.9 Å². The Balaban J connectivity index is 2.10. The molecule has 0 amide bonds. The maximum Gasteiger partial charge on any atom is 0.161 e. The number of halogens is 1. The molecule has 5 heteroatoms. The van der Waals surface area contributed by atoms with Crippen LogP contribution in [-0.4, -0.2) is 13.7 Å². The molecule has 19 heavy (non-hydrogen) atoms. The topological polar surface area (TPSA) is 44.5 Å². The van der Waals surface area contributed by atoms with E-state index in [0.29, 0.717) is 13.2 Å². The van der Waals surface area contributed by atoms with Crippen LogP contribution in [0.4, 0.5) is 0 Å². The van der Waals surface area contributed by atoms with Crippen molar-refractivity contribution in [3.05, 3.63) is 45.1 Å². The molecule has 0 fully saturated rings. The average molecular weight is 298 g/mol. The summed E-state index contributed by atoms with van der Waals surface area (Å²) in [4.78, 5) is 1.08. The molecule has 2 aromatic rings. The third kappa shape index (κ3) is 3.86. The molecule has 0 aliphatic heterocycles. The normalized spacial score (nSPS) is 10.5. The zero-order valence-corrected chi connectivity index (χ0v) is 12.3. The summed E-state index contributed by atoms with van der Waals surface area (Å²) in [6.07, 6.45) is 0.825. The fraction of sp³-hybridized carbons (Fsp3) is 0.286. The minimum atomic E-state index is 0.486. The number of methoxy groups -OCH3 is 1. The van der Waals surface area contributed by atoms with E-state index in [1.807, 2.05) is 30.3 Å². The minimum Gasteiger partial charge on any atom is -0.493 e. The highest BCUT2D eigenvalue weighted by Gasteiger charge is 2.07.